The van der Waals surface area contributed by atoms with Crippen LogP contribution in [0.3, 0.4) is 0 Å². The molecule has 3 aromatic rings. The molecular formula is C14H14ClN3S. The zero-order chi connectivity index (χ0) is 13.2. The van der Waals surface area contributed by atoms with Gasteiger partial charge in [0.15, 0.2) is 4.96 Å². The molecule has 2 aromatic heterocycles. The molecule has 2 heterocycles. The number of imidazole rings is 1. The Balaban J connectivity index is 1.69. The fourth-order valence-electron chi connectivity index (χ4n) is 2.13. The number of benzene rings is 1. The van der Waals surface area contributed by atoms with Crippen molar-refractivity contribution < 1.29 is 0 Å². The second-order valence-corrected chi connectivity index (χ2v) is 5.74. The van der Waals surface area contributed by atoms with Crippen molar-refractivity contribution in [3.05, 3.63) is 57.8 Å². The van der Waals surface area contributed by atoms with Gasteiger partial charge in [-0.05, 0) is 24.6 Å². The van der Waals surface area contributed by atoms with E-state index in [2.05, 4.69) is 39.3 Å². The van der Waals surface area contributed by atoms with E-state index in [1.165, 1.54) is 11.3 Å². The number of halogens is 1. The lowest BCUT2D eigenvalue weighted by molar-refractivity contribution is 0.673. The summed E-state index contributed by atoms with van der Waals surface area (Å²) < 4.78 is 2.14. The molecule has 19 heavy (non-hydrogen) atoms. The largest absolute Gasteiger partial charge is 0.307 e. The van der Waals surface area contributed by atoms with Gasteiger partial charge in [0.2, 0.25) is 0 Å². The van der Waals surface area contributed by atoms with Crippen molar-refractivity contribution in [3.8, 4) is 0 Å². The van der Waals surface area contributed by atoms with Crippen molar-refractivity contribution in [1.29, 1.82) is 0 Å². The van der Waals surface area contributed by atoms with E-state index in [0.717, 1.165) is 28.8 Å². The number of nitrogens with zero attached hydrogens (tertiary/aromatic N) is 2. The summed E-state index contributed by atoms with van der Waals surface area (Å²) in [5.74, 6) is 0. The van der Waals surface area contributed by atoms with E-state index in [1.807, 2.05) is 18.2 Å². The third-order valence-electron chi connectivity index (χ3n) is 3.07. The molecule has 0 radical (unpaired) electrons. The Kier molecular flexibility index (Phi) is 3.55. The van der Waals surface area contributed by atoms with Crippen LogP contribution in [0.2, 0.25) is 5.02 Å². The lowest BCUT2D eigenvalue weighted by atomic mass is 10.2. The van der Waals surface area contributed by atoms with Gasteiger partial charge in [0.25, 0.3) is 0 Å². The molecule has 0 unspecified atom stereocenters. The standard InChI is InChI=1S/C14H14ClN3S/c1-10-13(18-5-6-19-14(18)17-10)9-16-8-11-3-2-4-12(15)7-11/h2-7,16H,8-9H2,1H3. The molecule has 1 N–H and O–H groups in total. The summed E-state index contributed by atoms with van der Waals surface area (Å²) >= 11 is 7.63. The number of aromatic nitrogens is 2. The van der Waals surface area contributed by atoms with Gasteiger partial charge in [-0.15, -0.1) is 11.3 Å². The van der Waals surface area contributed by atoms with Crippen molar-refractivity contribution in [3.63, 3.8) is 0 Å². The molecule has 0 amide bonds. The number of hydrogen-bond acceptors (Lipinski definition) is 3. The average molecular weight is 292 g/mol. The molecule has 0 spiro atoms. The Labute approximate surface area is 120 Å². The summed E-state index contributed by atoms with van der Waals surface area (Å²) in [6.45, 7) is 3.66. The van der Waals surface area contributed by atoms with Gasteiger partial charge in [-0.25, -0.2) is 4.98 Å². The molecule has 3 nitrogen and oxygen atoms in total. The Bertz CT molecular complexity index is 702. The van der Waals surface area contributed by atoms with Crippen LogP contribution in [-0.4, -0.2) is 9.38 Å². The number of fused-ring (bicyclic) bond motifs is 1. The minimum atomic E-state index is 0.778. The highest BCUT2D eigenvalue weighted by molar-refractivity contribution is 7.15. The first-order chi connectivity index (χ1) is 9.24. The van der Waals surface area contributed by atoms with E-state index in [1.54, 1.807) is 11.3 Å². The summed E-state index contributed by atoms with van der Waals surface area (Å²) in [6.07, 6.45) is 2.07. The molecule has 0 aliphatic rings. The summed E-state index contributed by atoms with van der Waals surface area (Å²) in [5.41, 5.74) is 3.50. The first-order valence-corrected chi connectivity index (χ1v) is 7.36. The molecule has 0 bridgehead atoms. The number of thiazole rings is 1. The van der Waals surface area contributed by atoms with Crippen molar-refractivity contribution >= 4 is 27.9 Å². The predicted octanol–water partition coefficient (Wildman–Crippen LogP) is 3.65. The van der Waals surface area contributed by atoms with Crippen molar-refractivity contribution in [2.75, 3.05) is 0 Å². The highest BCUT2D eigenvalue weighted by atomic mass is 35.5. The van der Waals surface area contributed by atoms with E-state index in [-0.39, 0.29) is 0 Å². The Hall–Kier alpha value is -1.36. The molecule has 0 fully saturated rings. The van der Waals surface area contributed by atoms with Crippen LogP contribution < -0.4 is 5.32 Å². The van der Waals surface area contributed by atoms with E-state index < -0.39 is 0 Å². The van der Waals surface area contributed by atoms with Gasteiger partial charge in [-0.3, -0.25) is 4.40 Å². The third kappa shape index (κ3) is 2.66. The molecule has 0 aliphatic carbocycles. The Morgan fingerprint density at radius 2 is 2.26 bits per heavy atom. The highest BCUT2D eigenvalue weighted by Crippen LogP contribution is 2.17. The molecule has 0 atom stereocenters. The highest BCUT2D eigenvalue weighted by Gasteiger charge is 2.08. The van der Waals surface area contributed by atoms with Gasteiger partial charge in [-0.2, -0.15) is 0 Å². The number of rotatable bonds is 4. The number of nitrogens with one attached hydrogen (secondary N) is 1. The van der Waals surface area contributed by atoms with Crippen LogP contribution in [0, 0.1) is 6.92 Å². The van der Waals surface area contributed by atoms with Crippen LogP contribution in [0.5, 0.6) is 0 Å². The first kappa shape index (κ1) is 12.7. The lowest BCUT2D eigenvalue weighted by Gasteiger charge is -2.05. The van der Waals surface area contributed by atoms with E-state index >= 15 is 0 Å². The third-order valence-corrected chi connectivity index (χ3v) is 4.06. The molecule has 3 rings (SSSR count). The van der Waals surface area contributed by atoms with Gasteiger partial charge in [0.05, 0.1) is 11.4 Å². The monoisotopic (exact) mass is 291 g/mol. The van der Waals surface area contributed by atoms with E-state index in [0.29, 0.717) is 0 Å². The predicted molar refractivity (Wildman–Crippen MR) is 79.8 cm³/mol. The Morgan fingerprint density at radius 3 is 3.11 bits per heavy atom. The maximum atomic E-state index is 5.97. The maximum Gasteiger partial charge on any atom is 0.194 e. The minimum Gasteiger partial charge on any atom is -0.307 e. The molecular weight excluding hydrogens is 278 g/mol. The van der Waals surface area contributed by atoms with Gasteiger partial charge in [-0.1, -0.05) is 23.7 Å². The average Bonchev–Trinajstić information content (AvgIpc) is 2.92. The van der Waals surface area contributed by atoms with Gasteiger partial charge >= 0.3 is 0 Å². The summed E-state index contributed by atoms with van der Waals surface area (Å²) in [6, 6.07) is 7.92. The maximum absolute atomic E-state index is 5.97. The zero-order valence-corrected chi connectivity index (χ0v) is 12.1. The molecule has 98 valence electrons. The fraction of sp³-hybridized carbons (Fsp3) is 0.214. The van der Waals surface area contributed by atoms with Crippen LogP contribution in [0.25, 0.3) is 4.96 Å². The normalized spacial score (nSPS) is 11.3. The Morgan fingerprint density at radius 1 is 1.37 bits per heavy atom. The van der Waals surface area contributed by atoms with Crippen molar-refractivity contribution in [2.45, 2.75) is 20.0 Å². The van der Waals surface area contributed by atoms with Gasteiger partial charge in [0, 0.05) is 29.7 Å². The second kappa shape index (κ2) is 5.33. The second-order valence-electron chi connectivity index (χ2n) is 4.43. The fourth-order valence-corrected chi connectivity index (χ4v) is 3.12. The molecule has 1 aromatic carbocycles. The van der Waals surface area contributed by atoms with Crippen LogP contribution in [0.1, 0.15) is 17.0 Å². The molecule has 0 saturated carbocycles. The first-order valence-electron chi connectivity index (χ1n) is 6.10. The summed E-state index contributed by atoms with van der Waals surface area (Å²) in [5, 5.41) is 6.27. The molecule has 0 aliphatic heterocycles. The van der Waals surface area contributed by atoms with Crippen LogP contribution >= 0.6 is 22.9 Å². The van der Waals surface area contributed by atoms with Gasteiger partial charge in [0.1, 0.15) is 0 Å². The minimum absolute atomic E-state index is 0.778. The van der Waals surface area contributed by atoms with E-state index in [4.69, 9.17) is 11.6 Å². The summed E-state index contributed by atoms with van der Waals surface area (Å²) in [4.78, 5) is 5.59. The number of hydrogen-bond donors (Lipinski definition) is 1. The van der Waals surface area contributed by atoms with Crippen LogP contribution in [0.15, 0.2) is 35.8 Å². The van der Waals surface area contributed by atoms with Crippen LogP contribution in [0.4, 0.5) is 0 Å². The van der Waals surface area contributed by atoms with Crippen LogP contribution in [-0.2, 0) is 13.1 Å². The molecule has 5 heteroatoms. The van der Waals surface area contributed by atoms with Crippen molar-refractivity contribution in [1.82, 2.24) is 14.7 Å². The smallest absolute Gasteiger partial charge is 0.194 e. The zero-order valence-electron chi connectivity index (χ0n) is 10.6. The topological polar surface area (TPSA) is 29.3 Å². The lowest BCUT2D eigenvalue weighted by Crippen LogP contribution is -2.14. The quantitative estimate of drug-likeness (QED) is 0.795. The van der Waals surface area contributed by atoms with Gasteiger partial charge < -0.3 is 5.32 Å². The van der Waals surface area contributed by atoms with E-state index in [9.17, 15) is 0 Å². The van der Waals surface area contributed by atoms with Crippen molar-refractivity contribution in [2.24, 2.45) is 0 Å². The molecule has 0 saturated heterocycles. The summed E-state index contributed by atoms with van der Waals surface area (Å²) in [7, 11) is 0. The number of aryl methyl sites for hydroxylation is 1. The SMILES string of the molecule is Cc1nc2sccn2c1CNCc1cccc(Cl)c1.